The lowest BCUT2D eigenvalue weighted by Crippen LogP contribution is -1.78. The summed E-state index contributed by atoms with van der Waals surface area (Å²) in [5.41, 5.74) is 8.34. The van der Waals surface area contributed by atoms with Crippen LogP contribution in [0.3, 0.4) is 0 Å². The molecule has 1 rings (SSSR count). The summed E-state index contributed by atoms with van der Waals surface area (Å²) < 4.78 is 0. The van der Waals surface area contributed by atoms with Crippen LogP contribution in [0, 0.1) is 11.3 Å². The molecule has 0 saturated heterocycles. The predicted octanol–water partition coefficient (Wildman–Crippen LogP) is 1.83. The molecule has 1 aromatic rings. The largest absolute Gasteiger partial charge is 0.230 e. The van der Waals surface area contributed by atoms with Crippen molar-refractivity contribution in [3.05, 3.63) is 26.5 Å². The first kappa shape index (κ1) is 7.54. The van der Waals surface area contributed by atoms with E-state index in [1.165, 1.54) is 11.3 Å². The molecular formula is C5H3N5S. The number of hydrogen-bond donors (Lipinski definition) is 0. The first-order valence-electron chi connectivity index (χ1n) is 2.72. The van der Waals surface area contributed by atoms with Gasteiger partial charge in [-0.15, -0.1) is 11.3 Å². The quantitative estimate of drug-likeness (QED) is 0.380. The van der Waals surface area contributed by atoms with E-state index in [2.05, 4.69) is 15.0 Å². The van der Waals surface area contributed by atoms with Gasteiger partial charge in [0.25, 0.3) is 0 Å². The molecule has 0 bridgehead atoms. The van der Waals surface area contributed by atoms with Gasteiger partial charge >= 0.3 is 0 Å². The molecule has 0 unspecified atom stereocenters. The van der Waals surface area contributed by atoms with Crippen molar-refractivity contribution in [2.45, 2.75) is 6.54 Å². The smallest absolute Gasteiger partial charge is 0.151 e. The molecule has 0 N–H and O–H groups in total. The molecule has 0 fully saturated rings. The van der Waals surface area contributed by atoms with Crippen molar-refractivity contribution in [2.24, 2.45) is 5.11 Å². The normalized spacial score (nSPS) is 8.27. The molecule has 1 heterocycles. The fraction of sp³-hybridized carbons (Fsp3) is 0.200. The van der Waals surface area contributed by atoms with Crippen molar-refractivity contribution in [1.29, 1.82) is 5.26 Å². The van der Waals surface area contributed by atoms with E-state index in [1.807, 2.05) is 6.07 Å². The molecular weight excluding hydrogens is 162 g/mol. The van der Waals surface area contributed by atoms with Crippen molar-refractivity contribution >= 4 is 11.3 Å². The van der Waals surface area contributed by atoms with Gasteiger partial charge in [-0.2, -0.15) is 5.26 Å². The molecule has 6 heteroatoms. The van der Waals surface area contributed by atoms with E-state index in [0.29, 0.717) is 10.7 Å². The van der Waals surface area contributed by atoms with E-state index in [1.54, 1.807) is 5.38 Å². The predicted molar refractivity (Wildman–Crippen MR) is 39.7 cm³/mol. The van der Waals surface area contributed by atoms with Crippen LogP contribution in [0.4, 0.5) is 0 Å². The van der Waals surface area contributed by atoms with E-state index in [9.17, 15) is 0 Å². The summed E-state index contributed by atoms with van der Waals surface area (Å²) in [5.74, 6) is 0. The number of aromatic nitrogens is 1. The Morgan fingerprint density at radius 2 is 2.73 bits per heavy atom. The fourth-order valence-electron chi connectivity index (χ4n) is 0.527. The van der Waals surface area contributed by atoms with E-state index in [-0.39, 0.29) is 6.54 Å². The standard InChI is InChI=1S/C5H3N5S/c6-1-4-3-11-5(9-4)2-8-10-7/h3H,2H2. The molecule has 54 valence electrons. The van der Waals surface area contributed by atoms with Crippen LogP contribution in [-0.4, -0.2) is 4.98 Å². The van der Waals surface area contributed by atoms with Crippen molar-refractivity contribution < 1.29 is 0 Å². The van der Waals surface area contributed by atoms with Crippen molar-refractivity contribution in [3.8, 4) is 6.07 Å². The van der Waals surface area contributed by atoms with Crippen LogP contribution in [0.15, 0.2) is 10.5 Å². The van der Waals surface area contributed by atoms with Crippen LogP contribution in [0.2, 0.25) is 0 Å². The maximum absolute atomic E-state index is 8.37. The summed E-state index contributed by atoms with van der Waals surface area (Å²) in [6.45, 7) is 0.225. The first-order valence-corrected chi connectivity index (χ1v) is 3.60. The van der Waals surface area contributed by atoms with Gasteiger partial charge in [0.15, 0.2) is 5.69 Å². The third kappa shape index (κ3) is 1.93. The average molecular weight is 165 g/mol. The minimum absolute atomic E-state index is 0.225. The zero-order chi connectivity index (χ0) is 8.10. The second-order valence-corrected chi connectivity index (χ2v) is 2.57. The molecule has 0 aliphatic carbocycles. The number of thiazole rings is 1. The van der Waals surface area contributed by atoms with Crippen molar-refractivity contribution in [2.75, 3.05) is 0 Å². The molecule has 0 saturated carbocycles. The summed E-state index contributed by atoms with van der Waals surface area (Å²) in [4.78, 5) is 6.43. The molecule has 0 aromatic carbocycles. The second-order valence-electron chi connectivity index (χ2n) is 1.63. The monoisotopic (exact) mass is 165 g/mol. The molecule has 0 amide bonds. The third-order valence-electron chi connectivity index (χ3n) is 0.936. The van der Waals surface area contributed by atoms with Crippen LogP contribution >= 0.6 is 11.3 Å². The maximum Gasteiger partial charge on any atom is 0.151 e. The highest BCUT2D eigenvalue weighted by molar-refractivity contribution is 7.09. The van der Waals surface area contributed by atoms with Gasteiger partial charge in [0.1, 0.15) is 6.07 Å². The highest BCUT2D eigenvalue weighted by Gasteiger charge is 1.97. The van der Waals surface area contributed by atoms with E-state index in [4.69, 9.17) is 10.8 Å². The summed E-state index contributed by atoms with van der Waals surface area (Å²) in [6, 6.07) is 1.89. The molecule has 0 spiro atoms. The first-order chi connectivity index (χ1) is 5.36. The van der Waals surface area contributed by atoms with E-state index < -0.39 is 0 Å². The van der Waals surface area contributed by atoms with Gasteiger partial charge in [-0.3, -0.25) is 0 Å². The Morgan fingerprint density at radius 1 is 1.91 bits per heavy atom. The molecule has 0 radical (unpaired) electrons. The van der Waals surface area contributed by atoms with Gasteiger partial charge in [0.2, 0.25) is 0 Å². The lowest BCUT2D eigenvalue weighted by atomic mass is 10.5. The molecule has 1 aromatic heterocycles. The zero-order valence-electron chi connectivity index (χ0n) is 5.43. The Labute approximate surface area is 66.5 Å². The topological polar surface area (TPSA) is 85.4 Å². The number of azide groups is 1. The van der Waals surface area contributed by atoms with Gasteiger partial charge in [0, 0.05) is 10.3 Å². The Morgan fingerprint density at radius 3 is 3.27 bits per heavy atom. The van der Waals surface area contributed by atoms with Crippen molar-refractivity contribution in [1.82, 2.24) is 4.98 Å². The summed E-state index contributed by atoms with van der Waals surface area (Å²) in [5, 5.41) is 14.0. The summed E-state index contributed by atoms with van der Waals surface area (Å²) in [7, 11) is 0. The lowest BCUT2D eigenvalue weighted by Gasteiger charge is -1.79. The van der Waals surface area contributed by atoms with Crippen LogP contribution in [-0.2, 0) is 6.54 Å². The van der Waals surface area contributed by atoms with E-state index in [0.717, 1.165) is 0 Å². The molecule has 11 heavy (non-hydrogen) atoms. The molecule has 5 nitrogen and oxygen atoms in total. The van der Waals surface area contributed by atoms with Gasteiger partial charge in [-0.05, 0) is 5.53 Å². The number of hydrogen-bond acceptors (Lipinski definition) is 4. The fourth-order valence-corrected chi connectivity index (χ4v) is 1.16. The minimum atomic E-state index is 0.225. The van der Waals surface area contributed by atoms with Crippen LogP contribution in [0.25, 0.3) is 10.4 Å². The highest BCUT2D eigenvalue weighted by atomic mass is 32.1. The zero-order valence-corrected chi connectivity index (χ0v) is 6.25. The number of rotatable bonds is 2. The van der Waals surface area contributed by atoms with Gasteiger partial charge < -0.3 is 0 Å². The maximum atomic E-state index is 8.37. The van der Waals surface area contributed by atoms with Crippen LogP contribution < -0.4 is 0 Å². The van der Waals surface area contributed by atoms with Crippen LogP contribution in [0.1, 0.15) is 10.7 Å². The number of nitriles is 1. The summed E-state index contributed by atoms with van der Waals surface area (Å²) >= 11 is 1.32. The Kier molecular flexibility index (Phi) is 2.44. The lowest BCUT2D eigenvalue weighted by molar-refractivity contribution is 1.01. The second kappa shape index (κ2) is 3.56. The van der Waals surface area contributed by atoms with Crippen LogP contribution in [0.5, 0.6) is 0 Å². The summed E-state index contributed by atoms with van der Waals surface area (Å²) in [6.07, 6.45) is 0. The van der Waals surface area contributed by atoms with E-state index >= 15 is 0 Å². The average Bonchev–Trinajstić information content (AvgIpc) is 2.48. The van der Waals surface area contributed by atoms with Crippen molar-refractivity contribution in [3.63, 3.8) is 0 Å². The van der Waals surface area contributed by atoms with Gasteiger partial charge in [0.05, 0.1) is 11.6 Å². The third-order valence-corrected chi connectivity index (χ3v) is 1.77. The molecule has 0 atom stereocenters. The Balaban J connectivity index is 2.74. The minimum Gasteiger partial charge on any atom is -0.230 e. The Bertz CT molecular complexity index is 329. The SMILES string of the molecule is N#Cc1csc(CN=[N+]=[N-])n1. The highest BCUT2D eigenvalue weighted by Crippen LogP contribution is 2.09. The molecule has 0 aliphatic heterocycles. The van der Waals surface area contributed by atoms with Gasteiger partial charge in [-0.1, -0.05) is 5.11 Å². The van der Waals surface area contributed by atoms with Gasteiger partial charge in [-0.25, -0.2) is 4.98 Å². The number of nitrogens with zero attached hydrogens (tertiary/aromatic N) is 5. The Hall–Kier alpha value is -1.57. The molecule has 0 aliphatic rings.